The molecule has 0 atom stereocenters. The van der Waals surface area contributed by atoms with E-state index in [4.69, 9.17) is 6.90 Å². The summed E-state index contributed by atoms with van der Waals surface area (Å²) < 4.78 is 10.9. The molecule has 0 aliphatic heterocycles. The highest BCUT2D eigenvalue weighted by molar-refractivity contribution is 6.20. The highest BCUT2D eigenvalue weighted by Gasteiger charge is 2.00. The number of hydrogen-bond acceptors (Lipinski definition) is 3. The Balaban J connectivity index is 3.89. The summed E-state index contributed by atoms with van der Waals surface area (Å²) in [6.45, 7) is 1.83. The van der Waals surface area contributed by atoms with Crippen LogP contribution in [0.4, 0.5) is 0 Å². The Morgan fingerprint density at radius 2 is 2.88 bits per heavy atom. The quantitative estimate of drug-likeness (QED) is 0.236. The molecular weight excluding hydrogens is 108 g/mol. The smallest absolute Gasteiger partial charge is 0.418 e. The van der Waals surface area contributed by atoms with Crippen LogP contribution in [-0.2, 0) is 9.53 Å². The van der Waals surface area contributed by atoms with Crippen LogP contribution in [0.1, 0.15) is 8.29 Å². The van der Waals surface area contributed by atoms with Crippen LogP contribution in [0.5, 0.6) is 0 Å². The lowest BCUT2D eigenvalue weighted by Gasteiger charge is -1.86. The van der Waals surface area contributed by atoms with Crippen LogP contribution in [0.25, 0.3) is 0 Å². The molecule has 1 N–H and O–H groups in total. The van der Waals surface area contributed by atoms with Gasteiger partial charge in [-0.1, -0.05) is 0 Å². The van der Waals surface area contributed by atoms with Crippen molar-refractivity contribution in [3.8, 4) is 0 Å². The summed E-state index contributed by atoms with van der Waals surface area (Å²) in [6.07, 6.45) is -0.670. The normalized spacial score (nSPS) is 8.88. The summed E-state index contributed by atoms with van der Waals surface area (Å²) >= 11 is 0. The van der Waals surface area contributed by atoms with E-state index in [1.807, 2.05) is 0 Å². The molecule has 0 heterocycles. The second-order valence-electron chi connectivity index (χ2n) is 0.944. The van der Waals surface area contributed by atoms with Crippen molar-refractivity contribution in [2.45, 2.75) is 6.92 Å². The topological polar surface area (TPSA) is 64.2 Å². The molecule has 0 amide bonds. The first-order valence-corrected chi connectivity index (χ1v) is 2.10. The third kappa shape index (κ3) is 3.06. The molecule has 0 aliphatic rings. The lowest BCUT2D eigenvalue weighted by molar-refractivity contribution is -0.148. The number of nitrogens with zero attached hydrogens (tertiary/aromatic N) is 1. The second kappa shape index (κ2) is 4.02. The van der Waals surface area contributed by atoms with E-state index in [9.17, 15) is 4.79 Å². The van der Waals surface area contributed by atoms with Crippen molar-refractivity contribution < 1.29 is 15.7 Å². The molecule has 44 valence electrons. The standard InChI is InChI=1S/C4H7N2O2/c1-2-8-4(7)3-6-5/h3,5H,2H2,1H3/q+1/i3D. The highest BCUT2D eigenvalue weighted by atomic mass is 16.5. The monoisotopic (exact) mass is 116 g/mol. The molecule has 0 aromatic heterocycles. The molecule has 0 radical (unpaired) electrons. The number of carbonyl (C=O) groups is 1. The predicted molar refractivity (Wildman–Crippen MR) is 25.7 cm³/mol. The van der Waals surface area contributed by atoms with E-state index in [-0.39, 0.29) is 6.61 Å². The van der Waals surface area contributed by atoms with Gasteiger partial charge in [-0.3, -0.25) is 0 Å². The zero-order valence-corrected chi connectivity index (χ0v) is 4.47. The Morgan fingerprint density at radius 3 is 3.25 bits per heavy atom. The average molecular weight is 116 g/mol. The van der Waals surface area contributed by atoms with Gasteiger partial charge in [0, 0.05) is 0 Å². The minimum absolute atomic E-state index is 0.205. The number of hydrogen-bond donors (Lipinski definition) is 1. The molecule has 0 saturated heterocycles. The maximum absolute atomic E-state index is 10.3. The first kappa shape index (κ1) is 5.00. The molecule has 0 rings (SSSR count). The zero-order chi connectivity index (χ0) is 7.28. The summed E-state index contributed by atoms with van der Waals surface area (Å²) in [6, 6.07) is 0. The van der Waals surface area contributed by atoms with Crippen molar-refractivity contribution in [2.75, 3.05) is 6.61 Å². The van der Waals surface area contributed by atoms with Gasteiger partial charge in [0.1, 0.15) is 0 Å². The lowest BCUT2D eigenvalue weighted by atomic mass is 10.7. The maximum Gasteiger partial charge on any atom is 0.418 e. The molecule has 0 saturated carbocycles. The molecule has 4 heteroatoms. The van der Waals surface area contributed by atoms with E-state index in [0.29, 0.717) is 0 Å². The highest BCUT2D eigenvalue weighted by Crippen LogP contribution is 1.68. The summed E-state index contributed by atoms with van der Waals surface area (Å²) in [7, 11) is 0. The van der Waals surface area contributed by atoms with Crippen molar-refractivity contribution in [2.24, 2.45) is 0 Å². The third-order valence-electron chi connectivity index (χ3n) is 0.423. The number of nitrogens with one attached hydrogen (secondary N) is 1. The van der Waals surface area contributed by atoms with E-state index in [1.54, 1.807) is 6.92 Å². The van der Waals surface area contributed by atoms with Crippen molar-refractivity contribution >= 4 is 12.2 Å². The maximum atomic E-state index is 10.3. The molecule has 0 aliphatic carbocycles. The fourth-order valence-electron chi connectivity index (χ4n) is 0.209. The van der Waals surface area contributed by atoms with Crippen LogP contribution in [0.15, 0.2) is 0 Å². The summed E-state index contributed by atoms with van der Waals surface area (Å²) in [5.41, 5.74) is 6.22. The molecule has 0 fully saturated rings. The summed E-state index contributed by atoms with van der Waals surface area (Å²) in [5.74, 6) is -0.854. The van der Waals surface area contributed by atoms with Gasteiger partial charge >= 0.3 is 12.2 Å². The van der Waals surface area contributed by atoms with Crippen LogP contribution in [0, 0.1) is 5.53 Å². The average Bonchev–Trinajstić information content (AvgIpc) is 1.87. The molecule has 8 heavy (non-hydrogen) atoms. The predicted octanol–water partition coefficient (Wildman–Crippen LogP) is -0.141. The van der Waals surface area contributed by atoms with Crippen molar-refractivity contribution in [3.63, 3.8) is 0 Å². The molecule has 0 aromatic carbocycles. The van der Waals surface area contributed by atoms with Gasteiger partial charge in [0.2, 0.25) is 0 Å². The van der Waals surface area contributed by atoms with Crippen LogP contribution < -0.4 is 0 Å². The Bertz CT molecular complexity index is 162. The Labute approximate surface area is 48.1 Å². The fraction of sp³-hybridized carbons (Fsp3) is 0.500. The third-order valence-corrected chi connectivity index (χ3v) is 0.423. The molecule has 0 bridgehead atoms. The van der Waals surface area contributed by atoms with Gasteiger partial charge in [-0.15, -0.1) is 0 Å². The van der Waals surface area contributed by atoms with Gasteiger partial charge in [0.15, 0.2) is 1.37 Å². The molecule has 4 nitrogen and oxygen atoms in total. The van der Waals surface area contributed by atoms with E-state index in [1.165, 1.54) is 0 Å². The van der Waals surface area contributed by atoms with Crippen LogP contribution >= 0.6 is 0 Å². The second-order valence-corrected chi connectivity index (χ2v) is 0.944. The van der Waals surface area contributed by atoms with Gasteiger partial charge in [0.05, 0.1) is 16.9 Å². The number of rotatable bonds is 2. The van der Waals surface area contributed by atoms with Gasteiger partial charge in [-0.2, -0.15) is 0 Å². The molecule has 0 spiro atoms. The first-order valence-electron chi connectivity index (χ1n) is 2.60. The van der Waals surface area contributed by atoms with E-state index in [0.717, 1.165) is 0 Å². The Kier molecular flexibility index (Phi) is 2.51. The summed E-state index contributed by atoms with van der Waals surface area (Å²) in [4.78, 5) is 12.9. The minimum Gasteiger partial charge on any atom is -0.458 e. The van der Waals surface area contributed by atoms with Crippen LogP contribution in [-0.4, -0.2) is 23.6 Å². The number of carbonyl (C=O) groups excluding carboxylic acids is 1. The van der Waals surface area contributed by atoms with E-state index < -0.39 is 12.2 Å². The molecular formula is C4H7N2O2+. The van der Waals surface area contributed by atoms with E-state index >= 15 is 0 Å². The lowest BCUT2D eigenvalue weighted by Crippen LogP contribution is -2.04. The zero-order valence-electron chi connectivity index (χ0n) is 5.47. The molecule has 0 aromatic rings. The Hall–Kier alpha value is -1.15. The van der Waals surface area contributed by atoms with Gasteiger partial charge in [-0.05, 0) is 6.92 Å². The van der Waals surface area contributed by atoms with Gasteiger partial charge in [0.25, 0.3) is 0 Å². The summed E-state index contributed by atoms with van der Waals surface area (Å²) in [5, 5.41) is 0. The van der Waals surface area contributed by atoms with Crippen LogP contribution in [0.2, 0.25) is 0 Å². The van der Waals surface area contributed by atoms with Crippen molar-refractivity contribution in [3.05, 3.63) is 0 Å². The molecule has 0 unspecified atom stereocenters. The van der Waals surface area contributed by atoms with Crippen molar-refractivity contribution in [1.82, 2.24) is 0 Å². The van der Waals surface area contributed by atoms with E-state index in [2.05, 4.69) is 9.53 Å². The van der Waals surface area contributed by atoms with Crippen molar-refractivity contribution in [1.29, 1.82) is 5.53 Å². The first-order chi connectivity index (χ1) is 4.22. The van der Waals surface area contributed by atoms with Crippen LogP contribution in [0.3, 0.4) is 0 Å². The minimum atomic E-state index is -0.854. The fourth-order valence-corrected chi connectivity index (χ4v) is 0.209. The number of ether oxygens (including phenoxy) is 1. The largest absolute Gasteiger partial charge is 0.458 e. The SMILES string of the molecule is [2H]C(=[N+]=N)C(=O)OCC. The van der Waals surface area contributed by atoms with Gasteiger partial charge < -0.3 is 4.74 Å². The number of esters is 1. The Morgan fingerprint density at radius 1 is 2.25 bits per heavy atom. The van der Waals surface area contributed by atoms with Gasteiger partial charge in [-0.25, -0.2) is 4.79 Å².